The fourth-order valence-electron chi connectivity index (χ4n) is 9.20. The molecule has 5 atom stereocenters. The highest BCUT2D eigenvalue weighted by Crippen LogP contribution is 2.43. The van der Waals surface area contributed by atoms with Crippen molar-refractivity contribution in [1.82, 2.24) is 20.4 Å². The molecule has 4 saturated heterocycles. The number of hydrogen-bond acceptors (Lipinski definition) is 8. The zero-order valence-corrected chi connectivity index (χ0v) is 33.4. The number of anilines is 1. The number of benzene rings is 4. The van der Waals surface area contributed by atoms with Crippen molar-refractivity contribution in [2.45, 2.75) is 82.0 Å². The largest absolute Gasteiger partial charge is 0.471 e. The van der Waals surface area contributed by atoms with Gasteiger partial charge in [-0.05, 0) is 77.8 Å². The summed E-state index contributed by atoms with van der Waals surface area (Å²) in [5, 5.41) is 15.5. The van der Waals surface area contributed by atoms with E-state index in [1.807, 2.05) is 103 Å². The van der Waals surface area contributed by atoms with Crippen molar-refractivity contribution in [2.75, 3.05) is 37.7 Å². The zero-order chi connectivity index (χ0) is 42.0. The first-order chi connectivity index (χ1) is 28.9. The summed E-state index contributed by atoms with van der Waals surface area (Å²) in [6.45, 7) is 4.62. The molecule has 1 spiro atoms. The number of halogens is 3. The van der Waals surface area contributed by atoms with Gasteiger partial charge in [0.25, 0.3) is 0 Å². The number of alkyl halides is 3. The number of carbonyl (C=O) groups excluding carboxylic acids is 3. The Morgan fingerprint density at radius 1 is 0.867 bits per heavy atom. The average molecular weight is 826 g/mol. The predicted molar refractivity (Wildman–Crippen MR) is 218 cm³/mol. The van der Waals surface area contributed by atoms with E-state index in [2.05, 4.69) is 27.4 Å². The Hall–Kier alpha value is -5.28. The number of para-hydroxylation sites is 1. The molecule has 4 aromatic rings. The third kappa shape index (κ3) is 8.51. The molecule has 0 aromatic heterocycles. The second-order valence-corrected chi connectivity index (χ2v) is 16.3. The molecule has 4 aliphatic rings. The van der Waals surface area contributed by atoms with E-state index in [1.54, 1.807) is 0 Å². The van der Waals surface area contributed by atoms with Gasteiger partial charge in [0.15, 0.2) is 6.29 Å². The third-order valence-corrected chi connectivity index (χ3v) is 12.6. The molecule has 4 aliphatic heterocycles. The molecule has 316 valence electrons. The van der Waals surface area contributed by atoms with Crippen molar-refractivity contribution >= 4 is 23.4 Å². The van der Waals surface area contributed by atoms with Gasteiger partial charge in [0.05, 0.1) is 25.5 Å². The smallest absolute Gasteiger partial charge is 0.392 e. The van der Waals surface area contributed by atoms with Crippen LogP contribution < -0.4 is 15.5 Å². The van der Waals surface area contributed by atoms with Crippen LogP contribution in [0.3, 0.4) is 0 Å². The van der Waals surface area contributed by atoms with Crippen LogP contribution in [0.25, 0.3) is 11.1 Å². The molecule has 60 heavy (non-hydrogen) atoms. The molecule has 14 heteroatoms. The Labute approximate surface area is 347 Å². The molecule has 4 fully saturated rings. The summed E-state index contributed by atoms with van der Waals surface area (Å²) < 4.78 is 53.1. The van der Waals surface area contributed by atoms with Crippen LogP contribution in [0.15, 0.2) is 103 Å². The van der Waals surface area contributed by atoms with E-state index in [1.165, 1.54) is 0 Å². The Bertz CT molecular complexity index is 2160. The summed E-state index contributed by atoms with van der Waals surface area (Å²) in [7, 11) is 0. The summed E-state index contributed by atoms with van der Waals surface area (Å²) >= 11 is 0. The topological polar surface area (TPSA) is 124 Å². The van der Waals surface area contributed by atoms with Crippen molar-refractivity contribution in [1.29, 1.82) is 0 Å². The van der Waals surface area contributed by atoms with Gasteiger partial charge in [-0.2, -0.15) is 13.2 Å². The van der Waals surface area contributed by atoms with Crippen molar-refractivity contribution in [3.63, 3.8) is 0 Å². The first-order valence-corrected chi connectivity index (χ1v) is 20.6. The lowest BCUT2D eigenvalue weighted by atomic mass is 9.84. The fraction of sp³-hybridized carbons (Fsp3) is 0.413. The minimum absolute atomic E-state index is 0.0364. The van der Waals surface area contributed by atoms with Gasteiger partial charge in [0.2, 0.25) is 11.8 Å². The van der Waals surface area contributed by atoms with Crippen LogP contribution in [-0.2, 0) is 37.0 Å². The Kier molecular flexibility index (Phi) is 12.0. The summed E-state index contributed by atoms with van der Waals surface area (Å²) in [6, 6.07) is 32.1. The van der Waals surface area contributed by atoms with Crippen molar-refractivity contribution < 1.29 is 42.1 Å². The fourth-order valence-corrected chi connectivity index (χ4v) is 9.20. The van der Waals surface area contributed by atoms with Gasteiger partial charge in [0.1, 0.15) is 11.6 Å². The number of piperidine rings is 1. The molecule has 5 unspecified atom stereocenters. The number of aliphatic hydroxyl groups is 1. The van der Waals surface area contributed by atoms with E-state index in [9.17, 15) is 32.7 Å². The molecule has 3 N–H and O–H groups in total. The van der Waals surface area contributed by atoms with Crippen LogP contribution in [0.4, 0.5) is 18.9 Å². The van der Waals surface area contributed by atoms with Crippen LogP contribution in [0.1, 0.15) is 67.3 Å². The highest BCUT2D eigenvalue weighted by Gasteiger charge is 2.51. The van der Waals surface area contributed by atoms with E-state index in [0.717, 1.165) is 52.2 Å². The normalized spacial score (nSPS) is 24.4. The molecule has 3 amide bonds. The number of ether oxygens (including phenoxy) is 2. The molecule has 8 rings (SSSR count). The van der Waals surface area contributed by atoms with Gasteiger partial charge >= 0.3 is 12.1 Å². The second-order valence-electron chi connectivity index (χ2n) is 16.3. The van der Waals surface area contributed by atoms with E-state index >= 15 is 0 Å². The van der Waals surface area contributed by atoms with E-state index in [4.69, 9.17) is 9.47 Å². The summed E-state index contributed by atoms with van der Waals surface area (Å²) in [4.78, 5) is 43.5. The van der Waals surface area contributed by atoms with Gasteiger partial charge in [-0.1, -0.05) is 85.8 Å². The lowest BCUT2D eigenvalue weighted by molar-refractivity contribution is -0.276. The van der Waals surface area contributed by atoms with E-state index in [0.29, 0.717) is 37.4 Å². The summed E-state index contributed by atoms with van der Waals surface area (Å²) in [5.41, 5.74) is 5.51. The number of aliphatic hydroxyl groups excluding tert-OH is 1. The number of nitrogens with one attached hydrogen (secondary N) is 2. The molecule has 0 radical (unpaired) electrons. The lowest BCUT2D eigenvalue weighted by Crippen LogP contribution is -2.57. The maximum atomic E-state index is 13.4. The van der Waals surface area contributed by atoms with Gasteiger partial charge in [-0.25, -0.2) is 0 Å². The van der Waals surface area contributed by atoms with E-state index < -0.39 is 35.9 Å². The van der Waals surface area contributed by atoms with Gasteiger partial charge < -0.3 is 39.9 Å². The highest BCUT2D eigenvalue weighted by atomic mass is 19.4. The minimum Gasteiger partial charge on any atom is -0.392 e. The van der Waals surface area contributed by atoms with Gasteiger partial charge in [-0.3, -0.25) is 14.4 Å². The molecule has 0 bridgehead atoms. The number of likely N-dealkylation sites (tertiary alicyclic amines) is 2. The molecule has 0 saturated carbocycles. The molecular formula is C46H50F3N5O6. The van der Waals surface area contributed by atoms with Crippen molar-refractivity contribution in [3.8, 4) is 11.1 Å². The van der Waals surface area contributed by atoms with Crippen LogP contribution in [0.5, 0.6) is 0 Å². The maximum absolute atomic E-state index is 13.4. The van der Waals surface area contributed by atoms with Crippen LogP contribution in [0, 0.1) is 5.92 Å². The first kappa shape index (κ1) is 41.5. The standard InChI is InChI=1S/C46H50F3N5O6/c1-30-39(27-52-22-19-45(20-23-52)43(57)51-29-54(45)37-12-3-2-4-13-37)59-42(60-40(30)33-17-15-31(28-55)16-18-33)36-11-6-10-35(25-36)34-9-5-8-32(24-34)26-50-41(56)38-14-7-21-53(38)44(58)46(47,48)49/h2-6,8-13,15-18,24-25,30,38-40,42,55H,7,14,19-23,26-29H2,1H3,(H,50,56)(H,51,57). The number of amides is 3. The molecule has 4 heterocycles. The quantitative estimate of drug-likeness (QED) is 0.172. The van der Waals surface area contributed by atoms with E-state index in [-0.39, 0.29) is 50.2 Å². The van der Waals surface area contributed by atoms with Crippen LogP contribution >= 0.6 is 0 Å². The van der Waals surface area contributed by atoms with Crippen LogP contribution in [-0.4, -0.2) is 89.3 Å². The number of hydrogen-bond donors (Lipinski definition) is 3. The Balaban J connectivity index is 0.978. The van der Waals surface area contributed by atoms with Crippen molar-refractivity contribution in [3.05, 3.63) is 125 Å². The molecule has 0 aliphatic carbocycles. The number of rotatable bonds is 10. The molecule has 11 nitrogen and oxygen atoms in total. The number of nitrogens with zero attached hydrogens (tertiary/aromatic N) is 3. The van der Waals surface area contributed by atoms with Crippen molar-refractivity contribution in [2.24, 2.45) is 5.92 Å². The highest BCUT2D eigenvalue weighted by molar-refractivity contribution is 5.93. The SMILES string of the molecule is CC1C(CN2CCC3(CC2)C(=O)NCN3c2ccccc2)OC(c2cccc(-c3cccc(CNC(=O)C4CCCN4C(=O)C(F)(F)F)c3)c2)OC1c1ccc(CO)cc1. The monoisotopic (exact) mass is 825 g/mol. The summed E-state index contributed by atoms with van der Waals surface area (Å²) in [5.74, 6) is -2.57. The zero-order valence-electron chi connectivity index (χ0n) is 33.4. The average Bonchev–Trinajstić information content (AvgIpc) is 3.89. The van der Waals surface area contributed by atoms with Gasteiger partial charge in [0, 0.05) is 49.9 Å². The number of carbonyl (C=O) groups is 3. The van der Waals surface area contributed by atoms with Gasteiger partial charge in [-0.15, -0.1) is 0 Å². The molecular weight excluding hydrogens is 776 g/mol. The third-order valence-electron chi connectivity index (χ3n) is 12.6. The Morgan fingerprint density at radius 2 is 1.58 bits per heavy atom. The first-order valence-electron chi connectivity index (χ1n) is 20.6. The second kappa shape index (κ2) is 17.4. The lowest BCUT2D eigenvalue weighted by Gasteiger charge is -2.46. The molecule has 4 aromatic carbocycles. The predicted octanol–water partition coefficient (Wildman–Crippen LogP) is 6.24. The van der Waals surface area contributed by atoms with Crippen LogP contribution in [0.2, 0.25) is 0 Å². The minimum atomic E-state index is -5.04. The Morgan fingerprint density at radius 3 is 2.30 bits per heavy atom. The maximum Gasteiger partial charge on any atom is 0.471 e. The summed E-state index contributed by atoms with van der Waals surface area (Å²) in [6.07, 6.45) is -4.43.